The van der Waals surface area contributed by atoms with Crippen molar-refractivity contribution in [1.82, 2.24) is 10.2 Å². The number of hydrogen-bond acceptors (Lipinski definition) is 4. The number of anilines is 1. The quantitative estimate of drug-likeness (QED) is 0.217. The monoisotopic (exact) mass is 597 g/mol. The van der Waals surface area contributed by atoms with E-state index in [-0.39, 0.29) is 29.7 Å². The van der Waals surface area contributed by atoms with Crippen LogP contribution in [0.2, 0.25) is 0 Å². The summed E-state index contributed by atoms with van der Waals surface area (Å²) < 4.78 is 29.0. The van der Waals surface area contributed by atoms with Gasteiger partial charge in [0.1, 0.15) is 12.6 Å². The Morgan fingerprint density at radius 1 is 0.767 bits per heavy atom. The third-order valence-corrected chi connectivity index (χ3v) is 9.00. The number of hydrogen-bond donors (Lipinski definition) is 1. The number of carbonyl (C=O) groups is 2. The molecule has 1 N–H and O–H groups in total. The van der Waals surface area contributed by atoms with E-state index in [1.165, 1.54) is 17.0 Å². The van der Waals surface area contributed by atoms with Crippen LogP contribution in [-0.4, -0.2) is 44.3 Å². The van der Waals surface area contributed by atoms with Crippen LogP contribution >= 0.6 is 0 Å². The maximum absolute atomic E-state index is 14.4. The van der Waals surface area contributed by atoms with Crippen molar-refractivity contribution in [2.45, 2.75) is 44.7 Å². The van der Waals surface area contributed by atoms with Crippen molar-refractivity contribution >= 4 is 27.5 Å². The molecule has 0 bridgehead atoms. The molecule has 0 saturated heterocycles. The Kier molecular flexibility index (Phi) is 10.7. The first kappa shape index (κ1) is 31.5. The van der Waals surface area contributed by atoms with Crippen LogP contribution in [0, 0.1) is 12.8 Å². The summed E-state index contributed by atoms with van der Waals surface area (Å²) in [5.74, 6) is -0.546. The fourth-order valence-electron chi connectivity index (χ4n) is 4.79. The van der Waals surface area contributed by atoms with Crippen molar-refractivity contribution in [2.75, 3.05) is 17.4 Å². The summed E-state index contributed by atoms with van der Waals surface area (Å²) in [6.45, 7) is 6.10. The molecule has 1 atom stereocenters. The molecule has 4 rings (SSSR count). The summed E-state index contributed by atoms with van der Waals surface area (Å²) in [6, 6.07) is 33.0. The molecule has 4 aromatic rings. The Bertz CT molecular complexity index is 1590. The lowest BCUT2D eigenvalue weighted by Gasteiger charge is -2.34. The summed E-state index contributed by atoms with van der Waals surface area (Å²) in [5.41, 5.74) is 3.10. The molecule has 43 heavy (non-hydrogen) atoms. The van der Waals surface area contributed by atoms with Crippen molar-refractivity contribution in [3.63, 3.8) is 0 Å². The average Bonchev–Trinajstić information content (AvgIpc) is 3.02. The minimum atomic E-state index is -4.10. The van der Waals surface area contributed by atoms with Crippen LogP contribution in [-0.2, 0) is 32.6 Å². The molecule has 224 valence electrons. The summed E-state index contributed by atoms with van der Waals surface area (Å²) in [7, 11) is -4.10. The highest BCUT2D eigenvalue weighted by Crippen LogP contribution is 2.25. The molecule has 0 aliphatic carbocycles. The van der Waals surface area contributed by atoms with E-state index < -0.39 is 28.5 Å². The highest BCUT2D eigenvalue weighted by molar-refractivity contribution is 7.92. The van der Waals surface area contributed by atoms with E-state index in [9.17, 15) is 18.0 Å². The van der Waals surface area contributed by atoms with Crippen LogP contribution in [0.1, 0.15) is 30.5 Å². The van der Waals surface area contributed by atoms with Gasteiger partial charge in [-0.2, -0.15) is 0 Å². The van der Waals surface area contributed by atoms with Gasteiger partial charge in [-0.1, -0.05) is 105 Å². The minimum absolute atomic E-state index is 0.0765. The Morgan fingerprint density at radius 2 is 1.33 bits per heavy atom. The number of nitrogens with zero attached hydrogens (tertiary/aromatic N) is 2. The molecule has 0 unspecified atom stereocenters. The van der Waals surface area contributed by atoms with Gasteiger partial charge in [-0.05, 0) is 53.8 Å². The molecule has 0 aliphatic rings. The maximum atomic E-state index is 14.4. The molecule has 0 fully saturated rings. The number of aryl methyl sites for hydroxylation is 1. The van der Waals surface area contributed by atoms with E-state index in [1.54, 1.807) is 48.5 Å². The lowest BCUT2D eigenvalue weighted by atomic mass is 10.0. The molecule has 8 heteroatoms. The lowest BCUT2D eigenvalue weighted by Crippen LogP contribution is -2.53. The lowest BCUT2D eigenvalue weighted by molar-refractivity contribution is -0.140. The van der Waals surface area contributed by atoms with Gasteiger partial charge < -0.3 is 10.2 Å². The summed E-state index contributed by atoms with van der Waals surface area (Å²) in [4.78, 5) is 29.9. The van der Waals surface area contributed by atoms with Gasteiger partial charge in [-0.25, -0.2) is 8.42 Å². The molecule has 0 aliphatic heterocycles. The highest BCUT2D eigenvalue weighted by Gasteiger charge is 2.34. The summed E-state index contributed by atoms with van der Waals surface area (Å²) in [5, 5.41) is 3.01. The zero-order valence-electron chi connectivity index (χ0n) is 24.9. The van der Waals surface area contributed by atoms with Gasteiger partial charge in [0.25, 0.3) is 10.0 Å². The SMILES string of the molecule is Cc1ccccc1CN(C(=O)CN(c1ccccc1)S(=O)(=O)c1ccccc1)[C@@H](Cc1ccccc1)C(=O)NCC(C)C. The smallest absolute Gasteiger partial charge is 0.264 e. The van der Waals surface area contributed by atoms with Crippen LogP contribution in [0.25, 0.3) is 0 Å². The van der Waals surface area contributed by atoms with Crippen LogP contribution < -0.4 is 9.62 Å². The van der Waals surface area contributed by atoms with Crippen molar-refractivity contribution in [3.05, 3.63) is 132 Å². The maximum Gasteiger partial charge on any atom is 0.264 e. The van der Waals surface area contributed by atoms with Gasteiger partial charge in [0.05, 0.1) is 10.6 Å². The predicted octanol–water partition coefficient (Wildman–Crippen LogP) is 5.60. The molecule has 0 radical (unpaired) electrons. The molecule has 0 heterocycles. The Balaban J connectivity index is 1.78. The van der Waals surface area contributed by atoms with Gasteiger partial charge in [-0.3, -0.25) is 13.9 Å². The van der Waals surface area contributed by atoms with Gasteiger partial charge in [0.15, 0.2) is 0 Å². The molecule has 0 spiro atoms. The largest absolute Gasteiger partial charge is 0.354 e. The second-order valence-electron chi connectivity index (χ2n) is 11.0. The molecule has 0 aromatic heterocycles. The van der Waals surface area contributed by atoms with Gasteiger partial charge in [0, 0.05) is 19.5 Å². The van der Waals surface area contributed by atoms with Crippen molar-refractivity contribution in [2.24, 2.45) is 5.92 Å². The van der Waals surface area contributed by atoms with Gasteiger partial charge in [0.2, 0.25) is 11.8 Å². The second kappa shape index (κ2) is 14.6. The van der Waals surface area contributed by atoms with E-state index in [1.807, 2.05) is 75.4 Å². The molecule has 0 saturated carbocycles. The molecule has 4 aromatic carbocycles. The van der Waals surface area contributed by atoms with Crippen molar-refractivity contribution < 1.29 is 18.0 Å². The van der Waals surface area contributed by atoms with Crippen LogP contribution in [0.3, 0.4) is 0 Å². The first-order valence-electron chi connectivity index (χ1n) is 14.4. The van der Waals surface area contributed by atoms with Crippen LogP contribution in [0.5, 0.6) is 0 Å². The summed E-state index contributed by atoms with van der Waals surface area (Å²) >= 11 is 0. The fourth-order valence-corrected chi connectivity index (χ4v) is 6.23. The van der Waals surface area contributed by atoms with Crippen LogP contribution in [0.15, 0.2) is 120 Å². The van der Waals surface area contributed by atoms with E-state index >= 15 is 0 Å². The molecular formula is C35H39N3O4S. The number of nitrogens with one attached hydrogen (secondary N) is 1. The van der Waals surface area contributed by atoms with Crippen molar-refractivity contribution in [1.29, 1.82) is 0 Å². The predicted molar refractivity (Wildman–Crippen MR) is 171 cm³/mol. The zero-order chi connectivity index (χ0) is 30.8. The Morgan fingerprint density at radius 3 is 1.93 bits per heavy atom. The average molecular weight is 598 g/mol. The molecule has 7 nitrogen and oxygen atoms in total. The van der Waals surface area contributed by atoms with E-state index in [0.29, 0.717) is 12.2 Å². The van der Waals surface area contributed by atoms with Gasteiger partial charge in [-0.15, -0.1) is 0 Å². The van der Waals surface area contributed by atoms with E-state index in [0.717, 1.165) is 21.0 Å². The fraction of sp³-hybridized carbons (Fsp3) is 0.257. The topological polar surface area (TPSA) is 86.8 Å². The Labute approximate surface area is 255 Å². The first-order valence-corrected chi connectivity index (χ1v) is 15.9. The first-order chi connectivity index (χ1) is 20.7. The number of rotatable bonds is 13. The standard InChI is InChI=1S/C35H39N3O4S/c1-27(2)24-36-35(40)33(23-29-16-7-4-8-17-29)37(25-30-18-14-13-15-28(30)3)34(39)26-38(31-19-9-5-10-20-31)43(41,42)32-21-11-6-12-22-32/h4-22,27,33H,23-26H2,1-3H3,(H,36,40)/t33-/m0/s1. The van der Waals surface area contributed by atoms with Crippen LogP contribution in [0.4, 0.5) is 5.69 Å². The number of amides is 2. The normalized spacial score (nSPS) is 12.0. The third-order valence-electron chi connectivity index (χ3n) is 7.21. The Hall–Kier alpha value is -4.43. The van der Waals surface area contributed by atoms with E-state index in [4.69, 9.17) is 0 Å². The number of sulfonamides is 1. The van der Waals surface area contributed by atoms with Gasteiger partial charge >= 0.3 is 0 Å². The molecular weight excluding hydrogens is 558 g/mol. The number of para-hydroxylation sites is 1. The number of carbonyl (C=O) groups excluding carboxylic acids is 2. The summed E-state index contributed by atoms with van der Waals surface area (Å²) in [6.07, 6.45) is 0.277. The highest BCUT2D eigenvalue weighted by atomic mass is 32.2. The number of benzene rings is 4. The van der Waals surface area contributed by atoms with E-state index in [2.05, 4.69) is 5.32 Å². The molecule has 2 amide bonds. The minimum Gasteiger partial charge on any atom is -0.354 e. The van der Waals surface area contributed by atoms with Crippen molar-refractivity contribution in [3.8, 4) is 0 Å². The third kappa shape index (κ3) is 8.32. The second-order valence-corrected chi connectivity index (χ2v) is 12.8. The zero-order valence-corrected chi connectivity index (χ0v) is 25.7.